The third kappa shape index (κ3) is 4.45. The lowest BCUT2D eigenvalue weighted by atomic mass is 10.2. The molecular formula is C16H22N4O4. The highest BCUT2D eigenvalue weighted by Gasteiger charge is 2.22. The lowest BCUT2D eigenvalue weighted by Crippen LogP contribution is -2.43. The van der Waals surface area contributed by atoms with Crippen molar-refractivity contribution in [2.75, 3.05) is 26.8 Å². The lowest BCUT2D eigenvalue weighted by molar-refractivity contribution is -0.139. The molecule has 2 heterocycles. The van der Waals surface area contributed by atoms with Gasteiger partial charge in [0.05, 0.1) is 18.6 Å². The molecule has 0 bridgehead atoms. The van der Waals surface area contributed by atoms with Gasteiger partial charge in [-0.05, 0) is 32.0 Å². The van der Waals surface area contributed by atoms with Crippen LogP contribution in [0.5, 0.6) is 0 Å². The molecule has 0 saturated heterocycles. The Bertz CT molecular complexity index is 678. The van der Waals surface area contributed by atoms with Crippen LogP contribution >= 0.6 is 0 Å². The average molecular weight is 334 g/mol. The number of aryl methyl sites for hydroxylation is 2. The Balaban J connectivity index is 2.03. The predicted octanol–water partition coefficient (Wildman–Crippen LogP) is 0.561. The zero-order valence-electron chi connectivity index (χ0n) is 14.0. The second-order valence-corrected chi connectivity index (χ2v) is 5.36. The molecule has 1 unspecified atom stereocenters. The molecule has 2 rings (SSSR count). The fourth-order valence-corrected chi connectivity index (χ4v) is 2.37. The minimum atomic E-state index is -0.704. The largest absolute Gasteiger partial charge is 0.467 e. The van der Waals surface area contributed by atoms with Gasteiger partial charge in [-0.25, -0.2) is 0 Å². The molecule has 0 aromatic carbocycles. The highest BCUT2D eigenvalue weighted by atomic mass is 16.5. The number of nitrogens with one attached hydrogen (secondary N) is 2. The molecule has 1 atom stereocenters. The third-order valence-corrected chi connectivity index (χ3v) is 3.47. The standard InChI is InChI=1S/C16H22N4O4/c1-11-9-12(2)20(19-11)13(14-5-4-7-24-14)10-18-16(22)15(21)17-6-8-23-3/h4-5,7,9,13H,6,8,10H2,1-3H3,(H,17,21)(H,18,22). The van der Waals surface area contributed by atoms with Gasteiger partial charge in [0, 0.05) is 25.9 Å². The maximum Gasteiger partial charge on any atom is 0.309 e. The number of furan rings is 1. The molecule has 0 radical (unpaired) electrons. The van der Waals surface area contributed by atoms with Crippen LogP contribution in [0.25, 0.3) is 0 Å². The summed E-state index contributed by atoms with van der Waals surface area (Å²) in [5.41, 5.74) is 1.81. The molecule has 2 N–H and O–H groups in total. The second-order valence-electron chi connectivity index (χ2n) is 5.36. The van der Waals surface area contributed by atoms with Crippen molar-refractivity contribution in [3.05, 3.63) is 41.6 Å². The normalized spacial score (nSPS) is 12.0. The van der Waals surface area contributed by atoms with Crippen molar-refractivity contribution in [3.8, 4) is 0 Å². The van der Waals surface area contributed by atoms with Gasteiger partial charge in [-0.2, -0.15) is 5.10 Å². The van der Waals surface area contributed by atoms with E-state index in [1.807, 2.05) is 26.0 Å². The maximum atomic E-state index is 11.9. The summed E-state index contributed by atoms with van der Waals surface area (Å²) < 4.78 is 12.1. The number of aromatic nitrogens is 2. The second kappa shape index (κ2) is 8.30. The molecule has 2 aromatic heterocycles. The van der Waals surface area contributed by atoms with E-state index in [0.717, 1.165) is 11.4 Å². The van der Waals surface area contributed by atoms with E-state index in [2.05, 4.69) is 15.7 Å². The van der Waals surface area contributed by atoms with Gasteiger partial charge < -0.3 is 19.8 Å². The molecule has 0 saturated carbocycles. The summed E-state index contributed by atoms with van der Waals surface area (Å²) in [6.07, 6.45) is 1.56. The average Bonchev–Trinajstić information content (AvgIpc) is 3.18. The Labute approximate surface area is 140 Å². The summed E-state index contributed by atoms with van der Waals surface area (Å²) >= 11 is 0. The summed E-state index contributed by atoms with van der Waals surface area (Å²) in [7, 11) is 1.52. The van der Waals surface area contributed by atoms with Crippen LogP contribution in [0.2, 0.25) is 0 Å². The van der Waals surface area contributed by atoms with E-state index in [1.165, 1.54) is 7.11 Å². The van der Waals surface area contributed by atoms with Crippen molar-refractivity contribution in [1.82, 2.24) is 20.4 Å². The van der Waals surface area contributed by atoms with E-state index in [9.17, 15) is 9.59 Å². The van der Waals surface area contributed by atoms with E-state index >= 15 is 0 Å². The molecule has 8 heteroatoms. The number of ether oxygens (including phenoxy) is 1. The Kier molecular flexibility index (Phi) is 6.14. The van der Waals surface area contributed by atoms with Crippen LogP contribution in [0.4, 0.5) is 0 Å². The number of hydrogen-bond donors (Lipinski definition) is 2. The lowest BCUT2D eigenvalue weighted by Gasteiger charge is -2.18. The zero-order chi connectivity index (χ0) is 17.5. The number of amides is 2. The van der Waals surface area contributed by atoms with Crippen molar-refractivity contribution in [2.24, 2.45) is 0 Å². The summed E-state index contributed by atoms with van der Waals surface area (Å²) in [6, 6.07) is 5.19. The zero-order valence-corrected chi connectivity index (χ0v) is 14.0. The molecule has 0 aliphatic rings. The van der Waals surface area contributed by atoms with Crippen molar-refractivity contribution in [1.29, 1.82) is 0 Å². The first-order chi connectivity index (χ1) is 11.5. The molecule has 0 spiro atoms. The SMILES string of the molecule is COCCNC(=O)C(=O)NCC(c1ccco1)n1nc(C)cc1C. The summed E-state index contributed by atoms with van der Waals surface area (Å²) in [4.78, 5) is 23.6. The van der Waals surface area contributed by atoms with Gasteiger partial charge in [-0.15, -0.1) is 0 Å². The molecule has 130 valence electrons. The monoisotopic (exact) mass is 334 g/mol. The Morgan fingerprint density at radius 2 is 2.08 bits per heavy atom. The highest BCUT2D eigenvalue weighted by Crippen LogP contribution is 2.20. The van der Waals surface area contributed by atoms with Crippen molar-refractivity contribution in [2.45, 2.75) is 19.9 Å². The van der Waals surface area contributed by atoms with Crippen LogP contribution < -0.4 is 10.6 Å². The summed E-state index contributed by atoms with van der Waals surface area (Å²) in [6.45, 7) is 4.63. The highest BCUT2D eigenvalue weighted by molar-refractivity contribution is 6.35. The molecule has 0 aliphatic heterocycles. The number of rotatable bonds is 7. The molecule has 2 aromatic rings. The Morgan fingerprint density at radius 3 is 2.67 bits per heavy atom. The first kappa shape index (κ1) is 17.7. The number of methoxy groups -OCH3 is 1. The molecule has 2 amide bonds. The van der Waals surface area contributed by atoms with E-state index in [-0.39, 0.29) is 19.1 Å². The van der Waals surface area contributed by atoms with E-state index < -0.39 is 11.8 Å². The maximum absolute atomic E-state index is 11.9. The number of carbonyl (C=O) groups is 2. The van der Waals surface area contributed by atoms with Gasteiger partial charge >= 0.3 is 11.8 Å². The van der Waals surface area contributed by atoms with Gasteiger partial charge in [0.25, 0.3) is 0 Å². The first-order valence-corrected chi connectivity index (χ1v) is 7.64. The number of carbonyl (C=O) groups excluding carboxylic acids is 2. The van der Waals surface area contributed by atoms with Crippen LogP contribution in [0, 0.1) is 13.8 Å². The van der Waals surface area contributed by atoms with Gasteiger partial charge in [-0.1, -0.05) is 0 Å². The summed E-state index contributed by atoms with van der Waals surface area (Å²) in [5, 5.41) is 9.53. The number of nitrogens with zero attached hydrogens (tertiary/aromatic N) is 2. The van der Waals surface area contributed by atoms with E-state index in [1.54, 1.807) is 17.0 Å². The van der Waals surface area contributed by atoms with Crippen LogP contribution in [0.3, 0.4) is 0 Å². The van der Waals surface area contributed by atoms with Crippen LogP contribution in [0.1, 0.15) is 23.2 Å². The minimum absolute atomic E-state index is 0.187. The predicted molar refractivity (Wildman–Crippen MR) is 86.4 cm³/mol. The number of hydrogen-bond acceptors (Lipinski definition) is 5. The fraction of sp³-hybridized carbons (Fsp3) is 0.438. The third-order valence-electron chi connectivity index (χ3n) is 3.47. The minimum Gasteiger partial charge on any atom is -0.467 e. The fourth-order valence-electron chi connectivity index (χ4n) is 2.37. The smallest absolute Gasteiger partial charge is 0.309 e. The van der Waals surface area contributed by atoms with Crippen LogP contribution in [-0.2, 0) is 14.3 Å². The summed E-state index contributed by atoms with van der Waals surface area (Å²) in [5.74, 6) is -0.746. The molecule has 8 nitrogen and oxygen atoms in total. The van der Waals surface area contributed by atoms with Crippen LogP contribution in [0.15, 0.2) is 28.9 Å². The van der Waals surface area contributed by atoms with Crippen LogP contribution in [-0.4, -0.2) is 48.4 Å². The first-order valence-electron chi connectivity index (χ1n) is 7.64. The molecular weight excluding hydrogens is 312 g/mol. The van der Waals surface area contributed by atoms with Gasteiger partial charge in [-0.3, -0.25) is 14.3 Å². The Morgan fingerprint density at radius 1 is 1.33 bits per heavy atom. The molecule has 0 fully saturated rings. The van der Waals surface area contributed by atoms with Gasteiger partial charge in [0.1, 0.15) is 11.8 Å². The van der Waals surface area contributed by atoms with Crippen molar-refractivity contribution >= 4 is 11.8 Å². The van der Waals surface area contributed by atoms with Gasteiger partial charge in [0.15, 0.2) is 0 Å². The topological polar surface area (TPSA) is 98.4 Å². The van der Waals surface area contributed by atoms with E-state index in [4.69, 9.17) is 9.15 Å². The Hall–Kier alpha value is -2.61. The quantitative estimate of drug-likeness (QED) is 0.569. The van der Waals surface area contributed by atoms with Gasteiger partial charge in [0.2, 0.25) is 0 Å². The molecule has 24 heavy (non-hydrogen) atoms. The van der Waals surface area contributed by atoms with E-state index in [0.29, 0.717) is 12.4 Å². The molecule has 0 aliphatic carbocycles. The van der Waals surface area contributed by atoms with Crippen molar-refractivity contribution < 1.29 is 18.7 Å². The van der Waals surface area contributed by atoms with Crippen molar-refractivity contribution in [3.63, 3.8) is 0 Å².